The minimum atomic E-state index is -4.64. The lowest BCUT2D eigenvalue weighted by atomic mass is 10.1. The van der Waals surface area contributed by atoms with Gasteiger partial charge in [-0.3, -0.25) is 24.8 Å². The van der Waals surface area contributed by atoms with Crippen molar-refractivity contribution in [3.8, 4) is 0 Å². The van der Waals surface area contributed by atoms with Gasteiger partial charge in [0.05, 0.1) is 28.8 Å². The molecule has 4 atom stereocenters. The van der Waals surface area contributed by atoms with E-state index in [1.165, 1.54) is 24.8 Å². The summed E-state index contributed by atoms with van der Waals surface area (Å²) < 4.78 is 18.9. The van der Waals surface area contributed by atoms with Crippen molar-refractivity contribution in [3.05, 3.63) is 56.6 Å². The second-order valence-electron chi connectivity index (χ2n) is 7.38. The number of aliphatic hydroxyl groups is 3. The summed E-state index contributed by atoms with van der Waals surface area (Å²) in [5.74, 6) is 0.446. The maximum absolute atomic E-state index is 10.9. The minimum Gasteiger partial charge on any atom is -0.387 e. The number of benzene rings is 1. The Morgan fingerprint density at radius 2 is 1.70 bits per heavy atom. The predicted octanol–water partition coefficient (Wildman–Crippen LogP) is -0.684. The lowest BCUT2D eigenvalue weighted by molar-refractivity contribution is -0.394. The van der Waals surface area contributed by atoms with Crippen molar-refractivity contribution >= 4 is 36.2 Å². The van der Waals surface area contributed by atoms with E-state index in [-0.39, 0.29) is 17.9 Å². The van der Waals surface area contributed by atoms with Gasteiger partial charge in [0.15, 0.2) is 17.8 Å². The predicted molar refractivity (Wildman–Crippen MR) is 120 cm³/mol. The molecule has 0 bridgehead atoms. The summed E-state index contributed by atoms with van der Waals surface area (Å²) in [6, 6.07) is 3.46. The van der Waals surface area contributed by atoms with Crippen molar-refractivity contribution in [2.45, 2.75) is 31.1 Å². The number of nitro groups is 2. The average molecular weight is 545 g/mol. The number of fused-ring (bicyclic) bond motifs is 1. The molecule has 1 saturated heterocycles. The Labute approximate surface area is 205 Å². The van der Waals surface area contributed by atoms with E-state index in [1.807, 2.05) is 0 Å². The standard InChI is InChI=1S/C12H9N7O4.C5H11O8P/c20-18(21)8-1-7(2-9(3-8)19(22)23)4-13-11-10-12(15-5-14-10)17-6-16-11;6-3-2(1-12-14(9,10)11)13-5(8)4(3)7/h1-3,5-6H,4H2,(H2,13,14,15,16,17);2-8H,1H2,(H2,9,10,11)/t;2-,3-,4-,5?/m.1/s1. The fraction of sp³-hybridized carbons (Fsp3) is 0.353. The maximum Gasteiger partial charge on any atom is 0.469 e. The molecule has 0 saturated carbocycles. The van der Waals surface area contributed by atoms with Gasteiger partial charge in [-0.25, -0.2) is 19.5 Å². The molecule has 1 aromatic carbocycles. The van der Waals surface area contributed by atoms with Gasteiger partial charge in [-0.2, -0.15) is 0 Å². The lowest BCUT2D eigenvalue weighted by Crippen LogP contribution is -2.34. The Hall–Kier alpha value is -3.68. The van der Waals surface area contributed by atoms with Gasteiger partial charge >= 0.3 is 7.82 Å². The van der Waals surface area contributed by atoms with Crippen LogP contribution in [0.15, 0.2) is 30.9 Å². The first-order chi connectivity index (χ1) is 17.4. The smallest absolute Gasteiger partial charge is 0.387 e. The normalized spacial score (nSPS) is 21.3. The Kier molecular flexibility index (Phi) is 8.73. The Balaban J connectivity index is 0.000000233. The first-order valence-electron chi connectivity index (χ1n) is 10.1. The monoisotopic (exact) mass is 545 g/mol. The number of phosphoric acid groups is 1. The first-order valence-corrected chi connectivity index (χ1v) is 11.6. The van der Waals surface area contributed by atoms with Crippen LogP contribution in [0.25, 0.3) is 11.2 Å². The molecule has 0 spiro atoms. The number of aromatic nitrogens is 4. The van der Waals surface area contributed by atoms with Crippen LogP contribution in [0.3, 0.4) is 0 Å². The summed E-state index contributed by atoms with van der Waals surface area (Å²) in [4.78, 5) is 51.9. The van der Waals surface area contributed by atoms with E-state index in [9.17, 15) is 24.8 Å². The zero-order valence-corrected chi connectivity index (χ0v) is 19.3. The third-order valence-corrected chi connectivity index (χ3v) is 5.30. The third kappa shape index (κ3) is 7.41. The highest BCUT2D eigenvalue weighted by atomic mass is 31.2. The number of hydrogen-bond donors (Lipinski definition) is 7. The van der Waals surface area contributed by atoms with Crippen LogP contribution < -0.4 is 5.32 Å². The number of H-pyrrole nitrogens is 1. The molecule has 3 heterocycles. The van der Waals surface area contributed by atoms with Gasteiger partial charge in [0.1, 0.15) is 30.2 Å². The van der Waals surface area contributed by atoms with Crippen molar-refractivity contribution in [1.29, 1.82) is 0 Å². The summed E-state index contributed by atoms with van der Waals surface area (Å²) in [5, 5.41) is 51.7. The van der Waals surface area contributed by atoms with E-state index in [1.54, 1.807) is 0 Å². The number of nitrogens with zero attached hydrogens (tertiary/aromatic N) is 5. The summed E-state index contributed by atoms with van der Waals surface area (Å²) in [5.41, 5.74) is 0.743. The van der Waals surface area contributed by atoms with E-state index in [4.69, 9.17) is 25.1 Å². The Bertz CT molecular complexity index is 1280. The second-order valence-corrected chi connectivity index (χ2v) is 8.62. The number of anilines is 1. The van der Waals surface area contributed by atoms with Crippen molar-refractivity contribution in [3.63, 3.8) is 0 Å². The molecule has 4 rings (SSSR count). The number of phosphoric ester groups is 1. The minimum absolute atomic E-state index is 0.119. The molecule has 37 heavy (non-hydrogen) atoms. The Morgan fingerprint density at radius 1 is 1.05 bits per heavy atom. The molecule has 2 aromatic heterocycles. The molecule has 200 valence electrons. The maximum atomic E-state index is 10.9. The fourth-order valence-corrected chi connectivity index (χ4v) is 3.43. The number of rotatable bonds is 8. The van der Waals surface area contributed by atoms with Crippen LogP contribution in [-0.2, 0) is 20.4 Å². The number of imidazole rings is 1. The second kappa shape index (κ2) is 11.6. The van der Waals surface area contributed by atoms with Crippen molar-refractivity contribution in [2.24, 2.45) is 0 Å². The van der Waals surface area contributed by atoms with E-state index in [0.717, 1.165) is 6.07 Å². The number of ether oxygens (including phenoxy) is 1. The number of non-ortho nitro benzene ring substituents is 2. The van der Waals surface area contributed by atoms with Crippen LogP contribution >= 0.6 is 7.82 Å². The lowest BCUT2D eigenvalue weighted by Gasteiger charge is -2.14. The van der Waals surface area contributed by atoms with Gasteiger partial charge in [-0.1, -0.05) is 0 Å². The molecule has 1 unspecified atom stereocenters. The number of hydrogen-bond acceptors (Lipinski definition) is 14. The van der Waals surface area contributed by atoms with Crippen LogP contribution in [0.2, 0.25) is 0 Å². The SMILES string of the molecule is O=P(O)(O)OC[C@H]1OC(O)[C@H](O)[C@@H]1O.O=[N+]([O-])c1cc(CNc2ncnc3nc[nH]c23)cc([N+](=O)[O-])c1. The molecule has 0 aliphatic carbocycles. The van der Waals surface area contributed by atoms with Crippen molar-refractivity contribution < 1.29 is 48.8 Å². The van der Waals surface area contributed by atoms with E-state index < -0.39 is 48.9 Å². The zero-order valence-electron chi connectivity index (χ0n) is 18.4. The molecule has 1 aliphatic rings. The van der Waals surface area contributed by atoms with Gasteiger partial charge in [-0.15, -0.1) is 0 Å². The molecule has 3 aromatic rings. The Morgan fingerprint density at radius 3 is 2.24 bits per heavy atom. The van der Waals surface area contributed by atoms with Crippen LogP contribution in [0.5, 0.6) is 0 Å². The molecule has 20 heteroatoms. The number of aromatic amines is 1. The third-order valence-electron chi connectivity index (χ3n) is 4.81. The fourth-order valence-electron chi connectivity index (χ4n) is 3.09. The summed E-state index contributed by atoms with van der Waals surface area (Å²) >= 11 is 0. The van der Waals surface area contributed by atoms with Gasteiger partial charge in [0.25, 0.3) is 11.4 Å². The van der Waals surface area contributed by atoms with Gasteiger partial charge in [-0.05, 0) is 5.56 Å². The molecule has 0 amide bonds. The van der Waals surface area contributed by atoms with Gasteiger partial charge in [0, 0.05) is 18.7 Å². The molecular formula is C17H20N7O12P. The van der Waals surface area contributed by atoms with E-state index in [2.05, 4.69) is 34.5 Å². The topological polar surface area (TPSA) is 289 Å². The number of nitrogens with one attached hydrogen (secondary N) is 2. The largest absolute Gasteiger partial charge is 0.469 e. The van der Waals surface area contributed by atoms with E-state index >= 15 is 0 Å². The quantitative estimate of drug-likeness (QED) is 0.105. The highest BCUT2D eigenvalue weighted by molar-refractivity contribution is 7.46. The summed E-state index contributed by atoms with van der Waals surface area (Å²) in [6.45, 7) is -0.493. The highest BCUT2D eigenvalue weighted by Gasteiger charge is 2.42. The number of aliphatic hydroxyl groups excluding tert-OH is 3. The van der Waals surface area contributed by atoms with Gasteiger partial charge in [0.2, 0.25) is 0 Å². The average Bonchev–Trinajstić information content (AvgIpc) is 3.42. The van der Waals surface area contributed by atoms with Crippen molar-refractivity contribution in [2.75, 3.05) is 11.9 Å². The summed E-state index contributed by atoms with van der Waals surface area (Å²) in [7, 11) is -4.64. The molecule has 0 radical (unpaired) electrons. The van der Waals surface area contributed by atoms with Crippen LogP contribution in [0, 0.1) is 20.2 Å². The van der Waals surface area contributed by atoms with Crippen molar-refractivity contribution in [1.82, 2.24) is 19.9 Å². The molecule has 1 fully saturated rings. The van der Waals surface area contributed by atoms with Crippen LogP contribution in [-0.4, -0.2) is 86.1 Å². The summed E-state index contributed by atoms with van der Waals surface area (Å²) in [6.07, 6.45) is -2.88. The van der Waals surface area contributed by atoms with Gasteiger partial charge < -0.3 is 40.1 Å². The highest BCUT2D eigenvalue weighted by Crippen LogP contribution is 2.37. The number of nitro benzene ring substituents is 2. The molecular weight excluding hydrogens is 525 g/mol. The molecule has 19 nitrogen and oxygen atoms in total. The first kappa shape index (κ1) is 27.9. The zero-order chi connectivity index (χ0) is 27.3. The molecule has 7 N–H and O–H groups in total. The van der Waals surface area contributed by atoms with Crippen LogP contribution in [0.4, 0.5) is 17.2 Å². The molecule has 1 aliphatic heterocycles. The van der Waals surface area contributed by atoms with E-state index in [0.29, 0.717) is 22.5 Å². The van der Waals surface area contributed by atoms with Crippen LogP contribution in [0.1, 0.15) is 5.56 Å².